The molecule has 0 atom stereocenters. The monoisotopic (exact) mass is 751 g/mol. The summed E-state index contributed by atoms with van der Waals surface area (Å²) in [6.07, 6.45) is 0. The summed E-state index contributed by atoms with van der Waals surface area (Å²) in [5.74, 6) is 0. The number of para-hydroxylation sites is 3. The summed E-state index contributed by atoms with van der Waals surface area (Å²) in [5, 5.41) is 6.53. The molecule has 2 aliphatic rings. The summed E-state index contributed by atoms with van der Waals surface area (Å²) in [4.78, 5) is 2.59. The molecule has 0 unspecified atom stereocenters. The third-order valence-electron chi connectivity index (χ3n) is 12.8. The first-order valence-electron chi connectivity index (χ1n) is 20.2. The predicted octanol–water partition coefficient (Wildman–Crippen LogP) is 12.3. The van der Waals surface area contributed by atoms with Crippen LogP contribution < -0.4 is 20.6 Å². The molecule has 57 heavy (non-hydrogen) atoms. The van der Waals surface area contributed by atoms with Gasteiger partial charge in [0.2, 0.25) is 0 Å². The average Bonchev–Trinajstić information content (AvgIpc) is 3.87. The molecule has 7 aromatic carbocycles. The summed E-state index contributed by atoms with van der Waals surface area (Å²) in [6, 6.07) is 55.2. The maximum Gasteiger partial charge on any atom is 0.264 e. The second-order valence-electron chi connectivity index (χ2n) is 18.2. The number of aromatic nitrogens is 2. The van der Waals surface area contributed by atoms with E-state index in [1.165, 1.54) is 109 Å². The fraction of sp³-hybridized carbons (Fsp3) is 0.154. The molecule has 5 heterocycles. The summed E-state index contributed by atoms with van der Waals surface area (Å²) >= 11 is 1.98. The Balaban J connectivity index is 1.23. The van der Waals surface area contributed by atoms with Crippen LogP contribution in [0.4, 0.5) is 17.1 Å². The maximum absolute atomic E-state index is 2.64. The van der Waals surface area contributed by atoms with E-state index in [1.807, 2.05) is 11.3 Å². The molecule has 3 aromatic heterocycles. The van der Waals surface area contributed by atoms with E-state index in [4.69, 9.17) is 0 Å². The Morgan fingerprint density at radius 3 is 1.96 bits per heavy atom. The Morgan fingerprint density at radius 1 is 0.491 bits per heavy atom. The standard InChI is InChI=1S/C52H42BN3S/c1-51(2,3)31-22-25-34(26-23-31)55-42-20-13-21-43-46(42)53(50-49(55)38-30-32(52(4,5)6)24-29-44(38)57-50)39-18-12-17-35-36-27-28-41-45(48(36)56(43)47(35)39)37-16-10-11-19-40(37)54(41)33-14-8-7-9-15-33/h7-30H,1-6H3. The smallest absolute Gasteiger partial charge is 0.264 e. The van der Waals surface area contributed by atoms with Gasteiger partial charge in [0, 0.05) is 64.7 Å². The van der Waals surface area contributed by atoms with Gasteiger partial charge in [0.1, 0.15) is 0 Å². The van der Waals surface area contributed by atoms with E-state index in [0.29, 0.717) is 0 Å². The first kappa shape index (κ1) is 33.1. The molecule has 0 amide bonds. The highest BCUT2D eigenvalue weighted by molar-refractivity contribution is 7.33. The Kier molecular flexibility index (Phi) is 6.57. The van der Waals surface area contributed by atoms with Crippen molar-refractivity contribution in [3.05, 3.63) is 157 Å². The van der Waals surface area contributed by atoms with E-state index in [-0.39, 0.29) is 17.5 Å². The van der Waals surface area contributed by atoms with Gasteiger partial charge in [-0.15, -0.1) is 11.3 Å². The zero-order chi connectivity index (χ0) is 38.5. The van der Waals surface area contributed by atoms with Gasteiger partial charge < -0.3 is 14.0 Å². The van der Waals surface area contributed by atoms with Crippen LogP contribution in [0.2, 0.25) is 0 Å². The third kappa shape index (κ3) is 4.44. The second kappa shape index (κ2) is 11.3. The molecule has 12 rings (SSSR count). The zero-order valence-electron chi connectivity index (χ0n) is 33.2. The Bertz CT molecular complexity index is 3310. The lowest BCUT2D eigenvalue weighted by atomic mass is 9.36. The zero-order valence-corrected chi connectivity index (χ0v) is 34.0. The van der Waals surface area contributed by atoms with Gasteiger partial charge in [-0.2, -0.15) is 0 Å². The SMILES string of the molecule is CC(C)(C)c1ccc(N2c3cccc4c3B(c3sc5ccc(C(C)(C)C)cc5c32)c2cccc3c5ccc6c(c7ccccc7n6-c6ccccc6)c5n-4c23)cc1. The molecule has 0 N–H and O–H groups in total. The van der Waals surface area contributed by atoms with Gasteiger partial charge >= 0.3 is 0 Å². The predicted molar refractivity (Wildman–Crippen MR) is 247 cm³/mol. The number of rotatable bonds is 2. The van der Waals surface area contributed by atoms with Crippen molar-refractivity contribution in [2.24, 2.45) is 0 Å². The van der Waals surface area contributed by atoms with Gasteiger partial charge in [0.15, 0.2) is 0 Å². The molecular formula is C52H42BN3S. The van der Waals surface area contributed by atoms with Crippen molar-refractivity contribution in [3.63, 3.8) is 0 Å². The van der Waals surface area contributed by atoms with E-state index in [1.54, 1.807) is 0 Å². The summed E-state index contributed by atoms with van der Waals surface area (Å²) in [5.41, 5.74) is 16.9. The molecule has 0 saturated heterocycles. The molecular weight excluding hydrogens is 709 g/mol. The highest BCUT2D eigenvalue weighted by Crippen LogP contribution is 2.48. The Morgan fingerprint density at radius 2 is 1.18 bits per heavy atom. The second-order valence-corrected chi connectivity index (χ2v) is 19.3. The molecule has 3 nitrogen and oxygen atoms in total. The minimum Gasteiger partial charge on any atom is -0.310 e. The van der Waals surface area contributed by atoms with Gasteiger partial charge in [0.05, 0.1) is 22.2 Å². The van der Waals surface area contributed by atoms with Crippen LogP contribution in [0.1, 0.15) is 52.7 Å². The van der Waals surface area contributed by atoms with E-state index in [2.05, 4.69) is 201 Å². The van der Waals surface area contributed by atoms with Crippen molar-refractivity contribution < 1.29 is 0 Å². The first-order valence-corrected chi connectivity index (χ1v) is 21.0. The molecule has 5 heteroatoms. The quantitative estimate of drug-likeness (QED) is 0.160. The van der Waals surface area contributed by atoms with Crippen molar-refractivity contribution in [1.29, 1.82) is 0 Å². The molecule has 2 aliphatic heterocycles. The number of thiophene rings is 1. The fourth-order valence-corrected chi connectivity index (χ4v) is 11.4. The Labute approximate surface area is 337 Å². The minimum atomic E-state index is 0.0360. The number of hydrogen-bond donors (Lipinski definition) is 0. The highest BCUT2D eigenvalue weighted by Gasteiger charge is 2.44. The van der Waals surface area contributed by atoms with Gasteiger partial charge in [-0.05, 0) is 93.5 Å². The average molecular weight is 752 g/mol. The number of benzene rings is 7. The van der Waals surface area contributed by atoms with Crippen molar-refractivity contribution in [1.82, 2.24) is 9.13 Å². The molecule has 0 fully saturated rings. The fourth-order valence-electron chi connectivity index (χ4n) is 10.1. The molecule has 274 valence electrons. The molecule has 0 spiro atoms. The van der Waals surface area contributed by atoms with Crippen LogP contribution in [0, 0.1) is 0 Å². The molecule has 10 aromatic rings. The maximum atomic E-state index is 2.64. The van der Waals surface area contributed by atoms with Gasteiger partial charge in [-0.3, -0.25) is 0 Å². The number of hydrogen-bond acceptors (Lipinski definition) is 2. The van der Waals surface area contributed by atoms with E-state index in [9.17, 15) is 0 Å². The minimum absolute atomic E-state index is 0.0360. The Hall–Kier alpha value is -6.04. The van der Waals surface area contributed by atoms with Crippen LogP contribution in [0.25, 0.3) is 65.1 Å². The van der Waals surface area contributed by atoms with Gasteiger partial charge in [-0.1, -0.05) is 126 Å². The highest BCUT2D eigenvalue weighted by atomic mass is 32.1. The topological polar surface area (TPSA) is 13.1 Å². The summed E-state index contributed by atoms with van der Waals surface area (Å²) in [6.45, 7) is 14.0. The molecule has 0 bridgehead atoms. The van der Waals surface area contributed by atoms with Gasteiger partial charge in [-0.25, -0.2) is 0 Å². The summed E-state index contributed by atoms with van der Waals surface area (Å²) < 4.78 is 7.84. The third-order valence-corrected chi connectivity index (χ3v) is 14.0. The lowest BCUT2D eigenvalue weighted by Crippen LogP contribution is -2.59. The van der Waals surface area contributed by atoms with Crippen LogP contribution in [0.5, 0.6) is 0 Å². The van der Waals surface area contributed by atoms with Crippen molar-refractivity contribution in [2.75, 3.05) is 4.90 Å². The normalized spacial score (nSPS) is 13.7. The lowest BCUT2D eigenvalue weighted by molar-refractivity contribution is 0.590. The molecule has 0 saturated carbocycles. The van der Waals surface area contributed by atoms with Crippen molar-refractivity contribution in [2.45, 2.75) is 52.4 Å². The van der Waals surface area contributed by atoms with Crippen LogP contribution in [0.15, 0.2) is 146 Å². The molecule has 0 aliphatic carbocycles. The summed E-state index contributed by atoms with van der Waals surface area (Å²) in [7, 11) is 0. The largest absolute Gasteiger partial charge is 0.310 e. The van der Waals surface area contributed by atoms with E-state index in [0.717, 1.165) is 0 Å². The van der Waals surface area contributed by atoms with Crippen LogP contribution in [-0.4, -0.2) is 15.8 Å². The number of fused-ring (bicyclic) bond motifs is 13. The lowest BCUT2D eigenvalue weighted by Gasteiger charge is -2.39. The number of anilines is 3. The number of nitrogens with zero attached hydrogens (tertiary/aromatic N) is 3. The van der Waals surface area contributed by atoms with E-state index >= 15 is 0 Å². The van der Waals surface area contributed by atoms with Crippen LogP contribution >= 0.6 is 11.3 Å². The van der Waals surface area contributed by atoms with E-state index < -0.39 is 0 Å². The molecule has 0 radical (unpaired) electrons. The van der Waals surface area contributed by atoms with Crippen LogP contribution in [-0.2, 0) is 10.8 Å². The first-order chi connectivity index (χ1) is 27.6. The van der Waals surface area contributed by atoms with Crippen LogP contribution in [0.3, 0.4) is 0 Å². The van der Waals surface area contributed by atoms with Crippen molar-refractivity contribution in [3.8, 4) is 11.4 Å². The van der Waals surface area contributed by atoms with Crippen molar-refractivity contribution >= 4 is 105 Å². The van der Waals surface area contributed by atoms with Gasteiger partial charge in [0.25, 0.3) is 6.71 Å².